The van der Waals surface area contributed by atoms with Gasteiger partial charge in [-0.05, 0) is 42.3 Å². The van der Waals surface area contributed by atoms with Crippen molar-refractivity contribution < 1.29 is 9.53 Å². The van der Waals surface area contributed by atoms with Crippen LogP contribution in [0.3, 0.4) is 0 Å². The third kappa shape index (κ3) is 3.71. The van der Waals surface area contributed by atoms with Crippen LogP contribution in [-0.4, -0.2) is 22.8 Å². The van der Waals surface area contributed by atoms with Crippen molar-refractivity contribution in [3.05, 3.63) is 70.9 Å². The van der Waals surface area contributed by atoms with E-state index in [2.05, 4.69) is 24.4 Å². The fraction of sp³-hybridized carbons (Fsp3) is 0.238. The van der Waals surface area contributed by atoms with Crippen molar-refractivity contribution in [2.75, 3.05) is 12.4 Å². The standard InChI is InChI=1S/C21H21N3O2S/c1-14-4-3-5-16(10-14)24-21(18-12-27-13-19(18)23-24)22-20(25)11-15-6-8-17(26-2)9-7-15/h3-10H,11-13H2,1-2H3,(H,22,25). The highest BCUT2D eigenvalue weighted by Gasteiger charge is 2.24. The maximum atomic E-state index is 12.7. The number of aryl methyl sites for hydroxylation is 1. The number of hydrogen-bond acceptors (Lipinski definition) is 4. The van der Waals surface area contributed by atoms with E-state index in [1.54, 1.807) is 7.11 Å². The molecule has 6 heteroatoms. The minimum Gasteiger partial charge on any atom is -0.497 e. The Kier molecular flexibility index (Phi) is 4.90. The Balaban J connectivity index is 1.60. The zero-order valence-electron chi connectivity index (χ0n) is 15.4. The summed E-state index contributed by atoms with van der Waals surface area (Å²) in [4.78, 5) is 12.7. The fourth-order valence-corrected chi connectivity index (χ4v) is 4.23. The van der Waals surface area contributed by atoms with E-state index < -0.39 is 0 Å². The molecule has 1 aliphatic rings. The second-order valence-corrected chi connectivity index (χ2v) is 7.58. The van der Waals surface area contributed by atoms with Gasteiger partial charge in [-0.15, -0.1) is 0 Å². The molecule has 5 nitrogen and oxygen atoms in total. The van der Waals surface area contributed by atoms with Gasteiger partial charge in [-0.25, -0.2) is 4.68 Å². The van der Waals surface area contributed by atoms with Crippen LogP contribution in [0.4, 0.5) is 5.82 Å². The summed E-state index contributed by atoms with van der Waals surface area (Å²) in [6.07, 6.45) is 0.310. The molecule has 2 heterocycles. The van der Waals surface area contributed by atoms with E-state index in [9.17, 15) is 4.79 Å². The van der Waals surface area contributed by atoms with Crippen LogP contribution in [0.2, 0.25) is 0 Å². The average molecular weight is 379 g/mol. The Morgan fingerprint density at radius 3 is 2.78 bits per heavy atom. The van der Waals surface area contributed by atoms with Gasteiger partial charge < -0.3 is 10.1 Å². The number of nitrogens with one attached hydrogen (secondary N) is 1. The van der Waals surface area contributed by atoms with Crippen molar-refractivity contribution in [3.63, 3.8) is 0 Å². The zero-order valence-corrected chi connectivity index (χ0v) is 16.2. The molecule has 0 aliphatic carbocycles. The van der Waals surface area contributed by atoms with Crippen molar-refractivity contribution >= 4 is 23.5 Å². The topological polar surface area (TPSA) is 56.1 Å². The summed E-state index contributed by atoms with van der Waals surface area (Å²) in [5.41, 5.74) is 5.26. The number of thioether (sulfide) groups is 1. The molecule has 0 fully saturated rings. The number of methoxy groups -OCH3 is 1. The van der Waals surface area contributed by atoms with Crippen LogP contribution in [0, 0.1) is 6.92 Å². The summed E-state index contributed by atoms with van der Waals surface area (Å²) in [5.74, 6) is 3.29. The molecule has 4 rings (SSSR count). The molecule has 0 saturated heterocycles. The minimum absolute atomic E-state index is 0.0475. The SMILES string of the molecule is COc1ccc(CC(=O)Nc2c3c(nn2-c2cccc(C)c2)CSC3)cc1. The van der Waals surface area contributed by atoms with Crippen molar-refractivity contribution in [2.45, 2.75) is 24.9 Å². The average Bonchev–Trinajstić information content (AvgIpc) is 3.25. The number of hydrogen-bond donors (Lipinski definition) is 1. The Labute approximate surface area is 162 Å². The van der Waals surface area contributed by atoms with Crippen LogP contribution in [-0.2, 0) is 22.7 Å². The van der Waals surface area contributed by atoms with E-state index in [1.807, 2.05) is 52.8 Å². The van der Waals surface area contributed by atoms with E-state index in [0.717, 1.165) is 51.1 Å². The molecule has 0 saturated carbocycles. The quantitative estimate of drug-likeness (QED) is 0.725. The fourth-order valence-electron chi connectivity index (χ4n) is 3.19. The second-order valence-electron chi connectivity index (χ2n) is 6.59. The summed E-state index contributed by atoms with van der Waals surface area (Å²) >= 11 is 1.82. The molecule has 0 bridgehead atoms. The molecule has 0 spiro atoms. The third-order valence-corrected chi connectivity index (χ3v) is 5.55. The summed E-state index contributed by atoms with van der Waals surface area (Å²) in [7, 11) is 1.63. The largest absolute Gasteiger partial charge is 0.497 e. The molecule has 27 heavy (non-hydrogen) atoms. The van der Waals surface area contributed by atoms with Gasteiger partial charge in [-0.1, -0.05) is 24.3 Å². The van der Waals surface area contributed by atoms with Gasteiger partial charge in [0.2, 0.25) is 5.91 Å². The number of fused-ring (bicyclic) bond motifs is 1. The third-order valence-electron chi connectivity index (χ3n) is 4.58. The predicted molar refractivity (Wildman–Crippen MR) is 109 cm³/mol. The highest BCUT2D eigenvalue weighted by atomic mass is 32.2. The lowest BCUT2D eigenvalue weighted by Crippen LogP contribution is -2.18. The molecular formula is C21H21N3O2S. The molecule has 138 valence electrons. The molecule has 0 atom stereocenters. The second kappa shape index (κ2) is 7.48. The lowest BCUT2D eigenvalue weighted by Gasteiger charge is -2.12. The monoisotopic (exact) mass is 379 g/mol. The molecule has 0 radical (unpaired) electrons. The van der Waals surface area contributed by atoms with Crippen molar-refractivity contribution in [3.8, 4) is 11.4 Å². The van der Waals surface area contributed by atoms with E-state index in [4.69, 9.17) is 9.84 Å². The van der Waals surface area contributed by atoms with Crippen LogP contribution in [0.1, 0.15) is 22.4 Å². The highest BCUT2D eigenvalue weighted by molar-refractivity contribution is 7.98. The normalized spacial score (nSPS) is 12.7. The van der Waals surface area contributed by atoms with Crippen molar-refractivity contribution in [1.82, 2.24) is 9.78 Å². The molecule has 1 aliphatic heterocycles. The van der Waals surface area contributed by atoms with Gasteiger partial charge in [-0.2, -0.15) is 16.9 Å². The van der Waals surface area contributed by atoms with Gasteiger partial charge in [-0.3, -0.25) is 4.79 Å². The van der Waals surface area contributed by atoms with E-state index >= 15 is 0 Å². The van der Waals surface area contributed by atoms with Crippen LogP contribution in [0.15, 0.2) is 48.5 Å². The van der Waals surface area contributed by atoms with Gasteiger partial charge in [0, 0.05) is 17.1 Å². The number of anilines is 1. The van der Waals surface area contributed by atoms with Gasteiger partial charge >= 0.3 is 0 Å². The minimum atomic E-state index is -0.0475. The Morgan fingerprint density at radius 2 is 2.04 bits per heavy atom. The number of amides is 1. The van der Waals surface area contributed by atoms with E-state index in [1.165, 1.54) is 0 Å². The van der Waals surface area contributed by atoms with Gasteiger partial charge in [0.05, 0.1) is 24.9 Å². The number of carbonyl (C=O) groups excluding carboxylic acids is 1. The first-order valence-electron chi connectivity index (χ1n) is 8.82. The Bertz CT molecular complexity index is 980. The van der Waals surface area contributed by atoms with Gasteiger partial charge in [0.25, 0.3) is 0 Å². The van der Waals surface area contributed by atoms with E-state index in [0.29, 0.717) is 6.42 Å². The first kappa shape index (κ1) is 17.7. The van der Waals surface area contributed by atoms with E-state index in [-0.39, 0.29) is 5.91 Å². The lowest BCUT2D eigenvalue weighted by molar-refractivity contribution is -0.115. The number of ether oxygens (including phenoxy) is 1. The molecule has 1 N–H and O–H groups in total. The van der Waals surface area contributed by atoms with Crippen molar-refractivity contribution in [1.29, 1.82) is 0 Å². The van der Waals surface area contributed by atoms with Crippen LogP contribution in [0.25, 0.3) is 5.69 Å². The molecular weight excluding hydrogens is 358 g/mol. The summed E-state index contributed by atoms with van der Waals surface area (Å²) < 4.78 is 7.03. The summed E-state index contributed by atoms with van der Waals surface area (Å²) in [5, 5.41) is 7.85. The molecule has 1 aromatic heterocycles. The van der Waals surface area contributed by atoms with Gasteiger partial charge in [0.15, 0.2) is 0 Å². The number of nitrogens with zero attached hydrogens (tertiary/aromatic N) is 2. The van der Waals surface area contributed by atoms with Crippen LogP contribution < -0.4 is 10.1 Å². The Morgan fingerprint density at radius 1 is 1.22 bits per heavy atom. The Hall–Kier alpha value is -2.73. The smallest absolute Gasteiger partial charge is 0.229 e. The maximum absolute atomic E-state index is 12.7. The molecule has 0 unspecified atom stereocenters. The van der Waals surface area contributed by atoms with Crippen molar-refractivity contribution in [2.24, 2.45) is 0 Å². The first-order chi connectivity index (χ1) is 13.1. The zero-order chi connectivity index (χ0) is 18.8. The number of rotatable bonds is 5. The number of aromatic nitrogens is 2. The summed E-state index contributed by atoms with van der Waals surface area (Å²) in [6.45, 7) is 2.05. The predicted octanol–water partition coefficient (Wildman–Crippen LogP) is 4.12. The molecule has 2 aromatic carbocycles. The highest BCUT2D eigenvalue weighted by Crippen LogP contribution is 2.36. The molecule has 1 amide bonds. The summed E-state index contributed by atoms with van der Waals surface area (Å²) in [6, 6.07) is 15.7. The van der Waals surface area contributed by atoms with Crippen LogP contribution >= 0.6 is 11.8 Å². The maximum Gasteiger partial charge on any atom is 0.229 e. The number of carbonyl (C=O) groups is 1. The molecule has 3 aromatic rings. The lowest BCUT2D eigenvalue weighted by atomic mass is 10.1. The van der Waals surface area contributed by atoms with Gasteiger partial charge in [0.1, 0.15) is 11.6 Å². The number of benzene rings is 2. The first-order valence-corrected chi connectivity index (χ1v) is 9.98. The van der Waals surface area contributed by atoms with Crippen LogP contribution in [0.5, 0.6) is 5.75 Å².